The number of methoxy groups -OCH3 is 1. The number of nitrogens with zero attached hydrogens (tertiary/aromatic N) is 3. The zero-order valence-electron chi connectivity index (χ0n) is 18.9. The summed E-state index contributed by atoms with van der Waals surface area (Å²) >= 11 is 0. The summed E-state index contributed by atoms with van der Waals surface area (Å²) in [6, 6.07) is 12.6. The van der Waals surface area contributed by atoms with E-state index < -0.39 is 11.8 Å². The second kappa shape index (κ2) is 11.9. The standard InChI is InChI=1S/C24H29FN4O4/c1-27-11-4-9-21(27)16-29(17-22-10-5-14-33-22)23(30)18-28(12-6-13-32-2)24(31)26-20-8-3-7-19(25)15-20/h3-5,7-11,14-15H,6,12-13,16-18H2,1-2H3,(H,26,31). The number of carbonyl (C=O) groups is 2. The minimum atomic E-state index is -0.484. The SMILES string of the molecule is COCCCN(CC(=O)N(Cc1ccco1)Cc1cccn1C)C(=O)Nc1cccc(F)c1. The van der Waals surface area contributed by atoms with Crippen LogP contribution in [-0.2, 0) is 29.7 Å². The maximum Gasteiger partial charge on any atom is 0.322 e. The number of ether oxygens (including phenoxy) is 1. The molecule has 2 aromatic heterocycles. The molecule has 0 unspecified atom stereocenters. The largest absolute Gasteiger partial charge is 0.467 e. The van der Waals surface area contributed by atoms with E-state index in [0.29, 0.717) is 37.6 Å². The quantitative estimate of drug-likeness (QED) is 0.445. The molecule has 0 aliphatic heterocycles. The van der Waals surface area contributed by atoms with Crippen LogP contribution in [0.1, 0.15) is 17.9 Å². The first kappa shape index (κ1) is 24.1. The first-order valence-corrected chi connectivity index (χ1v) is 10.7. The van der Waals surface area contributed by atoms with Gasteiger partial charge in [-0.15, -0.1) is 0 Å². The number of amides is 3. The average molecular weight is 457 g/mol. The summed E-state index contributed by atoms with van der Waals surface area (Å²) in [5.74, 6) is -0.0471. The zero-order chi connectivity index (χ0) is 23.6. The number of carbonyl (C=O) groups excluding carboxylic acids is 2. The van der Waals surface area contributed by atoms with Gasteiger partial charge in [-0.3, -0.25) is 4.79 Å². The van der Waals surface area contributed by atoms with Crippen LogP contribution in [0.2, 0.25) is 0 Å². The molecule has 176 valence electrons. The molecule has 0 fully saturated rings. The smallest absolute Gasteiger partial charge is 0.322 e. The Bertz CT molecular complexity index is 1030. The van der Waals surface area contributed by atoms with E-state index in [1.165, 1.54) is 23.1 Å². The summed E-state index contributed by atoms with van der Waals surface area (Å²) in [5.41, 5.74) is 1.27. The van der Waals surface area contributed by atoms with E-state index in [2.05, 4.69) is 5.32 Å². The third-order valence-electron chi connectivity index (χ3n) is 5.15. The normalized spacial score (nSPS) is 10.8. The summed E-state index contributed by atoms with van der Waals surface area (Å²) < 4.78 is 26.0. The van der Waals surface area contributed by atoms with Crippen LogP contribution >= 0.6 is 0 Å². The van der Waals surface area contributed by atoms with Gasteiger partial charge in [0, 0.05) is 44.9 Å². The van der Waals surface area contributed by atoms with Gasteiger partial charge in [0.1, 0.15) is 18.1 Å². The lowest BCUT2D eigenvalue weighted by atomic mass is 10.3. The summed E-state index contributed by atoms with van der Waals surface area (Å²) in [4.78, 5) is 29.3. The second-order valence-electron chi connectivity index (χ2n) is 7.65. The van der Waals surface area contributed by atoms with Crippen molar-refractivity contribution in [2.24, 2.45) is 7.05 Å². The van der Waals surface area contributed by atoms with Crippen molar-refractivity contribution in [3.8, 4) is 0 Å². The van der Waals surface area contributed by atoms with Gasteiger partial charge in [0.25, 0.3) is 0 Å². The third kappa shape index (κ3) is 7.21. The first-order valence-electron chi connectivity index (χ1n) is 10.7. The van der Waals surface area contributed by atoms with Crippen molar-refractivity contribution in [1.29, 1.82) is 0 Å². The monoisotopic (exact) mass is 456 g/mol. The number of furan rings is 1. The molecule has 0 spiro atoms. The van der Waals surface area contributed by atoms with E-state index in [1.807, 2.05) is 29.9 Å². The van der Waals surface area contributed by atoms with Crippen LogP contribution in [0.3, 0.4) is 0 Å². The van der Waals surface area contributed by atoms with Crippen molar-refractivity contribution in [1.82, 2.24) is 14.4 Å². The van der Waals surface area contributed by atoms with Gasteiger partial charge in [-0.25, -0.2) is 9.18 Å². The number of halogens is 1. The highest BCUT2D eigenvalue weighted by Crippen LogP contribution is 2.14. The number of rotatable bonds is 11. The van der Waals surface area contributed by atoms with E-state index >= 15 is 0 Å². The number of aromatic nitrogens is 1. The molecule has 0 radical (unpaired) electrons. The molecule has 8 nitrogen and oxygen atoms in total. The molecule has 3 amide bonds. The first-order chi connectivity index (χ1) is 16.0. The van der Waals surface area contributed by atoms with Gasteiger partial charge in [0.15, 0.2) is 0 Å². The molecule has 0 aliphatic rings. The molecule has 3 rings (SSSR count). The molecule has 9 heteroatoms. The number of nitrogens with one attached hydrogen (secondary N) is 1. The fourth-order valence-corrected chi connectivity index (χ4v) is 3.36. The Morgan fingerprint density at radius 2 is 1.97 bits per heavy atom. The Balaban J connectivity index is 1.74. The van der Waals surface area contributed by atoms with Crippen LogP contribution in [-0.4, -0.2) is 53.1 Å². The third-order valence-corrected chi connectivity index (χ3v) is 5.15. The van der Waals surface area contributed by atoms with Gasteiger partial charge < -0.3 is 28.8 Å². The lowest BCUT2D eigenvalue weighted by molar-refractivity contribution is -0.133. The van der Waals surface area contributed by atoms with Crippen LogP contribution < -0.4 is 5.32 Å². The van der Waals surface area contributed by atoms with Crippen molar-refractivity contribution in [2.45, 2.75) is 19.5 Å². The van der Waals surface area contributed by atoms with Gasteiger partial charge >= 0.3 is 6.03 Å². The Kier molecular flexibility index (Phi) is 8.65. The molecule has 0 saturated heterocycles. The van der Waals surface area contributed by atoms with Crippen LogP contribution in [0.25, 0.3) is 0 Å². The van der Waals surface area contributed by atoms with Crippen LogP contribution in [0, 0.1) is 5.82 Å². The molecular formula is C24H29FN4O4. The van der Waals surface area contributed by atoms with Crippen LogP contribution in [0.15, 0.2) is 65.4 Å². The van der Waals surface area contributed by atoms with E-state index in [-0.39, 0.29) is 19.0 Å². The number of anilines is 1. The van der Waals surface area contributed by atoms with E-state index in [1.54, 1.807) is 36.5 Å². The van der Waals surface area contributed by atoms with Gasteiger partial charge in [-0.05, 0) is 48.9 Å². The van der Waals surface area contributed by atoms with Gasteiger partial charge in [0.2, 0.25) is 5.91 Å². The highest BCUT2D eigenvalue weighted by Gasteiger charge is 2.23. The Morgan fingerprint density at radius 1 is 1.12 bits per heavy atom. The fraction of sp³-hybridized carbons (Fsp3) is 0.333. The van der Waals surface area contributed by atoms with E-state index in [4.69, 9.17) is 9.15 Å². The van der Waals surface area contributed by atoms with Gasteiger partial charge in [-0.2, -0.15) is 0 Å². The Hall–Kier alpha value is -3.59. The number of hydrogen-bond donors (Lipinski definition) is 1. The van der Waals surface area contributed by atoms with Crippen molar-refractivity contribution in [3.63, 3.8) is 0 Å². The summed E-state index contributed by atoms with van der Waals surface area (Å²) in [5, 5.41) is 2.67. The number of urea groups is 1. The maximum atomic E-state index is 13.5. The maximum absolute atomic E-state index is 13.5. The van der Waals surface area contributed by atoms with Crippen molar-refractivity contribution < 1.29 is 23.1 Å². The number of benzene rings is 1. The van der Waals surface area contributed by atoms with Crippen molar-refractivity contribution >= 4 is 17.6 Å². The Labute approximate surface area is 192 Å². The minimum Gasteiger partial charge on any atom is -0.467 e. The molecule has 2 heterocycles. The van der Waals surface area contributed by atoms with Gasteiger partial charge in [-0.1, -0.05) is 6.07 Å². The lowest BCUT2D eigenvalue weighted by Gasteiger charge is -2.27. The number of aryl methyl sites for hydroxylation is 1. The minimum absolute atomic E-state index is 0.143. The van der Waals surface area contributed by atoms with Crippen molar-refractivity contribution in [2.75, 3.05) is 32.1 Å². The predicted molar refractivity (Wildman–Crippen MR) is 122 cm³/mol. The predicted octanol–water partition coefficient (Wildman–Crippen LogP) is 3.86. The van der Waals surface area contributed by atoms with E-state index in [9.17, 15) is 14.0 Å². The zero-order valence-corrected chi connectivity index (χ0v) is 18.9. The molecule has 0 aliphatic carbocycles. The van der Waals surface area contributed by atoms with Crippen LogP contribution in [0.5, 0.6) is 0 Å². The lowest BCUT2D eigenvalue weighted by Crippen LogP contribution is -2.44. The molecule has 0 bridgehead atoms. The molecule has 1 N–H and O–H groups in total. The Morgan fingerprint density at radius 3 is 2.64 bits per heavy atom. The second-order valence-corrected chi connectivity index (χ2v) is 7.65. The highest BCUT2D eigenvalue weighted by molar-refractivity contribution is 5.92. The van der Waals surface area contributed by atoms with Crippen LogP contribution in [0.4, 0.5) is 14.9 Å². The highest BCUT2D eigenvalue weighted by atomic mass is 19.1. The molecule has 33 heavy (non-hydrogen) atoms. The van der Waals surface area contributed by atoms with Crippen molar-refractivity contribution in [3.05, 3.63) is 78.3 Å². The topological polar surface area (TPSA) is 80.0 Å². The molecule has 0 saturated carbocycles. The van der Waals surface area contributed by atoms with E-state index in [0.717, 1.165) is 5.69 Å². The summed E-state index contributed by atoms with van der Waals surface area (Å²) in [7, 11) is 3.49. The fourth-order valence-electron chi connectivity index (χ4n) is 3.36. The summed E-state index contributed by atoms with van der Waals surface area (Å²) in [6.45, 7) is 1.24. The number of hydrogen-bond acceptors (Lipinski definition) is 4. The molecular weight excluding hydrogens is 427 g/mol. The molecule has 0 atom stereocenters. The van der Waals surface area contributed by atoms with Gasteiger partial charge in [0.05, 0.1) is 19.4 Å². The average Bonchev–Trinajstić information content (AvgIpc) is 3.44. The molecule has 3 aromatic rings. The molecule has 1 aromatic carbocycles. The summed E-state index contributed by atoms with van der Waals surface area (Å²) in [6.07, 6.45) is 4.02.